The smallest absolute Gasteiger partial charge is 0.325 e. The van der Waals surface area contributed by atoms with Crippen LogP contribution in [0.15, 0.2) is 24.3 Å². The van der Waals surface area contributed by atoms with Gasteiger partial charge in [-0.25, -0.2) is 4.79 Å². The molecule has 0 saturated carbocycles. The topological polar surface area (TPSA) is 61.9 Å². The van der Waals surface area contributed by atoms with Crippen LogP contribution in [0.25, 0.3) is 0 Å². The molecule has 0 aliphatic carbocycles. The molecule has 1 unspecified atom stereocenters. The van der Waals surface area contributed by atoms with Crippen molar-refractivity contribution in [3.63, 3.8) is 0 Å². The average Bonchev–Trinajstić information content (AvgIpc) is 2.72. The minimum atomic E-state index is -0.816. The van der Waals surface area contributed by atoms with Crippen molar-refractivity contribution in [1.82, 2.24) is 15.1 Å². The summed E-state index contributed by atoms with van der Waals surface area (Å²) in [4.78, 5) is 27.5. The Morgan fingerprint density at radius 3 is 2.52 bits per heavy atom. The lowest BCUT2D eigenvalue weighted by Crippen LogP contribution is -2.41. The van der Waals surface area contributed by atoms with Crippen LogP contribution < -0.4 is 10.1 Å². The molecular formula is C17H25N3O3. The van der Waals surface area contributed by atoms with E-state index in [4.69, 9.17) is 4.74 Å². The molecule has 0 spiro atoms. The molecule has 1 aromatic rings. The van der Waals surface area contributed by atoms with Crippen LogP contribution in [0.5, 0.6) is 5.75 Å². The van der Waals surface area contributed by atoms with E-state index in [9.17, 15) is 9.59 Å². The Morgan fingerprint density at radius 1 is 1.30 bits per heavy atom. The maximum atomic E-state index is 12.2. The quantitative estimate of drug-likeness (QED) is 0.815. The minimum absolute atomic E-state index is 0.111. The van der Waals surface area contributed by atoms with Gasteiger partial charge in [-0.05, 0) is 33.9 Å². The number of likely N-dealkylation sites (N-methyl/N-ethyl adjacent to an activating group) is 1. The van der Waals surface area contributed by atoms with Crippen LogP contribution in [0.2, 0.25) is 0 Å². The largest absolute Gasteiger partial charge is 0.496 e. The predicted octanol–water partition coefficient (Wildman–Crippen LogP) is 2.02. The van der Waals surface area contributed by atoms with Gasteiger partial charge < -0.3 is 10.1 Å². The Balaban J connectivity index is 2.01. The second-order valence-corrected chi connectivity index (χ2v) is 6.41. The first-order valence-corrected chi connectivity index (χ1v) is 7.75. The third kappa shape index (κ3) is 3.47. The lowest BCUT2D eigenvalue weighted by molar-refractivity contribution is -0.130. The fourth-order valence-electron chi connectivity index (χ4n) is 2.72. The number of hydrogen-bond donors (Lipinski definition) is 1. The van der Waals surface area contributed by atoms with Crippen LogP contribution in [0.3, 0.4) is 0 Å². The van der Waals surface area contributed by atoms with E-state index >= 15 is 0 Å². The maximum absolute atomic E-state index is 12.2. The summed E-state index contributed by atoms with van der Waals surface area (Å²) in [6.07, 6.45) is 0. The molecule has 6 nitrogen and oxygen atoms in total. The van der Waals surface area contributed by atoms with Crippen molar-refractivity contribution in [2.75, 3.05) is 27.2 Å². The third-order valence-electron chi connectivity index (χ3n) is 4.37. The van der Waals surface area contributed by atoms with Gasteiger partial charge in [0.15, 0.2) is 0 Å². The number of nitrogens with one attached hydrogen (secondary N) is 1. The highest BCUT2D eigenvalue weighted by atomic mass is 16.5. The molecule has 126 valence electrons. The molecular weight excluding hydrogens is 294 g/mol. The highest BCUT2D eigenvalue weighted by molar-refractivity contribution is 6.06. The predicted molar refractivity (Wildman–Crippen MR) is 88.4 cm³/mol. The van der Waals surface area contributed by atoms with E-state index in [0.29, 0.717) is 13.1 Å². The number of carbonyl (C=O) groups is 2. The standard InChI is InChI=1S/C17H25N3O3/c1-12(13-8-6-7-9-14(13)23-5)19(4)10-11-20-15(21)17(2,3)18-16(20)22/h6-9,12H,10-11H2,1-5H3,(H,18,22). The lowest BCUT2D eigenvalue weighted by Gasteiger charge is -2.27. The van der Waals surface area contributed by atoms with Crippen molar-refractivity contribution >= 4 is 11.9 Å². The van der Waals surface area contributed by atoms with Gasteiger partial charge in [-0.15, -0.1) is 0 Å². The summed E-state index contributed by atoms with van der Waals surface area (Å²) in [5, 5.41) is 2.69. The number of rotatable bonds is 6. The molecule has 1 aliphatic rings. The van der Waals surface area contributed by atoms with Crippen molar-refractivity contribution < 1.29 is 14.3 Å². The molecule has 1 fully saturated rings. The Bertz CT molecular complexity index is 601. The first-order valence-electron chi connectivity index (χ1n) is 7.75. The van der Waals surface area contributed by atoms with Crippen LogP contribution in [0, 0.1) is 0 Å². The summed E-state index contributed by atoms with van der Waals surface area (Å²) in [7, 11) is 3.63. The van der Waals surface area contributed by atoms with Gasteiger partial charge in [-0.3, -0.25) is 14.6 Å². The number of carbonyl (C=O) groups excluding carboxylic acids is 2. The number of para-hydroxylation sites is 1. The molecule has 1 saturated heterocycles. The fraction of sp³-hybridized carbons (Fsp3) is 0.529. The number of ether oxygens (including phenoxy) is 1. The molecule has 1 aromatic carbocycles. The normalized spacial score (nSPS) is 18.3. The molecule has 1 heterocycles. The van der Waals surface area contributed by atoms with Gasteiger partial charge >= 0.3 is 6.03 Å². The van der Waals surface area contributed by atoms with E-state index in [1.807, 2.05) is 31.3 Å². The number of urea groups is 1. The highest BCUT2D eigenvalue weighted by Crippen LogP contribution is 2.28. The van der Waals surface area contributed by atoms with Crippen LogP contribution in [-0.4, -0.2) is 54.5 Å². The zero-order chi connectivity index (χ0) is 17.2. The number of hydrogen-bond acceptors (Lipinski definition) is 4. The Morgan fingerprint density at radius 2 is 1.96 bits per heavy atom. The van der Waals surface area contributed by atoms with Crippen molar-refractivity contribution in [1.29, 1.82) is 0 Å². The van der Waals surface area contributed by atoms with Crippen LogP contribution in [-0.2, 0) is 4.79 Å². The van der Waals surface area contributed by atoms with Crippen LogP contribution >= 0.6 is 0 Å². The number of methoxy groups -OCH3 is 1. The molecule has 1 atom stereocenters. The Hall–Kier alpha value is -2.08. The molecule has 1 aliphatic heterocycles. The number of benzene rings is 1. The SMILES string of the molecule is COc1ccccc1C(C)N(C)CCN1C(=O)NC(C)(C)C1=O. The third-order valence-corrected chi connectivity index (χ3v) is 4.37. The number of imide groups is 1. The van der Waals surface area contributed by atoms with Gasteiger partial charge in [-0.2, -0.15) is 0 Å². The summed E-state index contributed by atoms with van der Waals surface area (Å²) in [6, 6.07) is 7.65. The summed E-state index contributed by atoms with van der Waals surface area (Å²) in [5.74, 6) is 0.656. The first-order chi connectivity index (χ1) is 10.8. The molecule has 0 bridgehead atoms. The van der Waals surface area contributed by atoms with Gasteiger partial charge in [0.2, 0.25) is 0 Å². The van der Waals surface area contributed by atoms with Crippen LogP contribution in [0.4, 0.5) is 4.79 Å². The lowest BCUT2D eigenvalue weighted by atomic mass is 10.1. The first kappa shape index (κ1) is 17.3. The van der Waals surface area contributed by atoms with Crippen molar-refractivity contribution in [3.8, 4) is 5.75 Å². The summed E-state index contributed by atoms with van der Waals surface area (Å²) in [6.45, 7) is 6.47. The van der Waals surface area contributed by atoms with Gasteiger partial charge in [0.25, 0.3) is 5.91 Å². The summed E-state index contributed by atoms with van der Waals surface area (Å²) in [5.41, 5.74) is 0.263. The number of nitrogens with zero attached hydrogens (tertiary/aromatic N) is 2. The molecule has 23 heavy (non-hydrogen) atoms. The zero-order valence-corrected chi connectivity index (χ0v) is 14.4. The molecule has 1 N–H and O–H groups in total. The minimum Gasteiger partial charge on any atom is -0.496 e. The summed E-state index contributed by atoms with van der Waals surface area (Å²) < 4.78 is 5.40. The average molecular weight is 319 g/mol. The number of amides is 3. The maximum Gasteiger partial charge on any atom is 0.325 e. The van der Waals surface area contributed by atoms with Crippen LogP contribution in [0.1, 0.15) is 32.4 Å². The van der Waals surface area contributed by atoms with E-state index in [2.05, 4.69) is 17.1 Å². The molecule has 3 amide bonds. The fourth-order valence-corrected chi connectivity index (χ4v) is 2.72. The molecule has 2 rings (SSSR count). The molecule has 0 aromatic heterocycles. The zero-order valence-electron chi connectivity index (χ0n) is 14.4. The van der Waals surface area contributed by atoms with Crippen molar-refractivity contribution in [2.24, 2.45) is 0 Å². The van der Waals surface area contributed by atoms with Crippen molar-refractivity contribution in [2.45, 2.75) is 32.4 Å². The highest BCUT2D eigenvalue weighted by Gasteiger charge is 2.43. The van der Waals surface area contributed by atoms with E-state index in [1.54, 1.807) is 21.0 Å². The second kappa shape index (κ2) is 6.58. The Kier molecular flexibility index (Phi) is 4.94. The van der Waals surface area contributed by atoms with Gasteiger partial charge in [0.05, 0.1) is 7.11 Å². The van der Waals surface area contributed by atoms with Crippen molar-refractivity contribution in [3.05, 3.63) is 29.8 Å². The van der Waals surface area contributed by atoms with Gasteiger partial charge in [-0.1, -0.05) is 18.2 Å². The monoisotopic (exact) mass is 319 g/mol. The van der Waals surface area contributed by atoms with E-state index in [0.717, 1.165) is 11.3 Å². The van der Waals surface area contributed by atoms with Gasteiger partial charge in [0.1, 0.15) is 11.3 Å². The molecule has 0 radical (unpaired) electrons. The van der Waals surface area contributed by atoms with E-state index < -0.39 is 5.54 Å². The van der Waals surface area contributed by atoms with E-state index in [-0.39, 0.29) is 18.0 Å². The Labute approximate surface area is 137 Å². The molecule has 6 heteroatoms. The summed E-state index contributed by atoms with van der Waals surface area (Å²) >= 11 is 0. The van der Waals surface area contributed by atoms with Gasteiger partial charge in [0, 0.05) is 24.7 Å². The second-order valence-electron chi connectivity index (χ2n) is 6.41. The van der Waals surface area contributed by atoms with E-state index in [1.165, 1.54) is 4.90 Å².